The van der Waals surface area contributed by atoms with Crippen molar-refractivity contribution in [3.8, 4) is 5.75 Å². The number of piperidine rings is 1. The molecule has 0 spiro atoms. The second-order valence-corrected chi connectivity index (χ2v) is 10.0. The third-order valence-corrected chi connectivity index (χ3v) is 6.71. The lowest BCUT2D eigenvalue weighted by atomic mass is 9.85. The van der Waals surface area contributed by atoms with Crippen LogP contribution in [0.3, 0.4) is 0 Å². The first kappa shape index (κ1) is 20.7. The number of aromatic nitrogens is 2. The van der Waals surface area contributed by atoms with Crippen molar-refractivity contribution < 1.29 is 14.3 Å². The molecule has 0 radical (unpaired) electrons. The number of ketones is 1. The molecule has 2 aliphatic heterocycles. The highest BCUT2D eigenvalue weighted by Crippen LogP contribution is 2.37. The maximum absolute atomic E-state index is 13.1. The Morgan fingerprint density at radius 2 is 2.00 bits per heavy atom. The molecule has 6 heteroatoms. The second kappa shape index (κ2) is 7.76. The Bertz CT molecular complexity index is 1190. The van der Waals surface area contributed by atoms with Crippen LogP contribution in [0.15, 0.2) is 42.5 Å². The van der Waals surface area contributed by atoms with Crippen LogP contribution in [-0.2, 0) is 5.41 Å². The molecular weight excluding hydrogens is 402 g/mol. The summed E-state index contributed by atoms with van der Waals surface area (Å²) in [6.45, 7) is 7.55. The normalized spacial score (nSPS) is 21.3. The molecule has 166 valence electrons. The summed E-state index contributed by atoms with van der Waals surface area (Å²) >= 11 is 0. The Kier molecular flexibility index (Phi) is 5.03. The van der Waals surface area contributed by atoms with Crippen molar-refractivity contribution in [2.24, 2.45) is 5.92 Å². The molecule has 3 aromatic rings. The molecule has 0 aliphatic carbocycles. The molecule has 1 N–H and O–H groups in total. The minimum atomic E-state index is -0.212. The van der Waals surface area contributed by atoms with Gasteiger partial charge in [0.25, 0.3) is 5.91 Å². The molecule has 1 amide bonds. The molecule has 0 saturated carbocycles. The van der Waals surface area contributed by atoms with Crippen LogP contribution >= 0.6 is 0 Å². The Hall–Kier alpha value is -3.15. The first-order valence-electron chi connectivity index (χ1n) is 11.4. The van der Waals surface area contributed by atoms with E-state index in [1.807, 2.05) is 47.4 Å². The van der Waals surface area contributed by atoms with E-state index in [0.717, 1.165) is 29.3 Å². The van der Waals surface area contributed by atoms with Crippen molar-refractivity contribution in [2.75, 3.05) is 13.1 Å². The number of fused-ring (bicyclic) bond motifs is 3. The van der Waals surface area contributed by atoms with Crippen LogP contribution in [0.25, 0.3) is 10.8 Å². The molecule has 3 heterocycles. The molecule has 5 rings (SSSR count). The van der Waals surface area contributed by atoms with Gasteiger partial charge in [-0.1, -0.05) is 51.1 Å². The standard InChI is InChI=1S/C26H29N3O3/c1-26(2,3)23-13-19(27-28-23)25(31)29-12-6-8-17(15-29)22-14-20(30)24-18-9-5-4-7-16(18)10-11-21(24)32-22/h4-5,7,9-11,13,17,22H,6,8,12,14-15H2,1-3H3,(H,27,28)/t17-,22-/m1/s1. The summed E-state index contributed by atoms with van der Waals surface area (Å²) in [4.78, 5) is 28.1. The number of amides is 1. The number of hydrogen-bond donors (Lipinski definition) is 1. The molecule has 2 aromatic carbocycles. The maximum atomic E-state index is 13.1. The Morgan fingerprint density at radius 3 is 2.78 bits per heavy atom. The number of H-pyrrole nitrogens is 1. The summed E-state index contributed by atoms with van der Waals surface area (Å²) < 4.78 is 6.35. The molecule has 1 aromatic heterocycles. The number of carbonyl (C=O) groups is 2. The van der Waals surface area contributed by atoms with Gasteiger partial charge in [0.15, 0.2) is 5.78 Å². The molecule has 1 saturated heterocycles. The van der Waals surface area contributed by atoms with Gasteiger partial charge in [0, 0.05) is 36.5 Å². The van der Waals surface area contributed by atoms with Crippen molar-refractivity contribution in [1.29, 1.82) is 0 Å². The van der Waals surface area contributed by atoms with Gasteiger partial charge in [0.1, 0.15) is 17.5 Å². The zero-order chi connectivity index (χ0) is 22.5. The van der Waals surface area contributed by atoms with E-state index in [4.69, 9.17) is 4.74 Å². The van der Waals surface area contributed by atoms with E-state index >= 15 is 0 Å². The summed E-state index contributed by atoms with van der Waals surface area (Å²) in [6.07, 6.45) is 1.98. The summed E-state index contributed by atoms with van der Waals surface area (Å²) in [5, 5.41) is 9.26. The lowest BCUT2D eigenvalue weighted by Gasteiger charge is -2.38. The number of likely N-dealkylation sites (tertiary alicyclic amines) is 1. The first-order valence-corrected chi connectivity index (χ1v) is 11.4. The fourth-order valence-electron chi connectivity index (χ4n) is 4.87. The zero-order valence-electron chi connectivity index (χ0n) is 18.9. The van der Waals surface area contributed by atoms with Crippen molar-refractivity contribution in [3.05, 3.63) is 59.4 Å². The first-order chi connectivity index (χ1) is 15.3. The highest BCUT2D eigenvalue weighted by Gasteiger charge is 2.37. The van der Waals surface area contributed by atoms with Crippen LogP contribution in [0.5, 0.6) is 5.75 Å². The van der Waals surface area contributed by atoms with E-state index in [1.54, 1.807) is 0 Å². The Balaban J connectivity index is 1.34. The van der Waals surface area contributed by atoms with Crippen molar-refractivity contribution in [3.63, 3.8) is 0 Å². The molecule has 0 unspecified atom stereocenters. The van der Waals surface area contributed by atoms with Crippen LogP contribution in [-0.4, -0.2) is 46.0 Å². The number of benzene rings is 2. The summed E-state index contributed by atoms with van der Waals surface area (Å²) in [5.74, 6) is 0.849. The number of carbonyl (C=O) groups excluding carboxylic acids is 2. The number of rotatable bonds is 2. The van der Waals surface area contributed by atoms with Crippen molar-refractivity contribution >= 4 is 22.5 Å². The van der Waals surface area contributed by atoms with Gasteiger partial charge in [-0.05, 0) is 35.7 Å². The van der Waals surface area contributed by atoms with Crippen molar-refractivity contribution in [2.45, 2.75) is 51.6 Å². The SMILES string of the molecule is CC(C)(C)c1cc(C(=O)N2CCC[C@@H]([C@H]3CC(=O)c4c(ccc5ccccc45)O3)C2)n[nH]1. The van der Waals surface area contributed by atoms with Gasteiger partial charge in [-0.2, -0.15) is 5.10 Å². The monoisotopic (exact) mass is 431 g/mol. The number of Topliss-reactive ketones (excluding diaryl/α,β-unsaturated/α-hetero) is 1. The number of ether oxygens (including phenoxy) is 1. The van der Waals surface area contributed by atoms with Crippen LogP contribution in [0, 0.1) is 5.92 Å². The average Bonchev–Trinajstić information content (AvgIpc) is 3.29. The number of nitrogens with one attached hydrogen (secondary N) is 1. The number of hydrogen-bond acceptors (Lipinski definition) is 4. The maximum Gasteiger partial charge on any atom is 0.274 e. The van der Waals surface area contributed by atoms with Crippen LogP contribution in [0.1, 0.15) is 66.6 Å². The molecule has 2 atom stereocenters. The molecule has 2 aliphatic rings. The lowest BCUT2D eigenvalue weighted by molar-refractivity contribution is 0.0407. The lowest BCUT2D eigenvalue weighted by Crippen LogP contribution is -2.46. The minimum Gasteiger partial charge on any atom is -0.489 e. The van der Waals surface area contributed by atoms with Gasteiger partial charge in [-0.15, -0.1) is 0 Å². The Morgan fingerprint density at radius 1 is 1.19 bits per heavy atom. The quantitative estimate of drug-likeness (QED) is 0.636. The van der Waals surface area contributed by atoms with Gasteiger partial charge in [-0.25, -0.2) is 0 Å². The van der Waals surface area contributed by atoms with E-state index in [0.29, 0.717) is 36.5 Å². The summed E-state index contributed by atoms with van der Waals surface area (Å²) in [5.41, 5.74) is 1.99. The fourth-order valence-corrected chi connectivity index (χ4v) is 4.87. The van der Waals surface area contributed by atoms with Gasteiger partial charge >= 0.3 is 0 Å². The highest BCUT2D eigenvalue weighted by atomic mass is 16.5. The van der Waals surface area contributed by atoms with E-state index in [1.165, 1.54) is 0 Å². The van der Waals surface area contributed by atoms with Crippen LogP contribution in [0.2, 0.25) is 0 Å². The van der Waals surface area contributed by atoms with E-state index in [2.05, 4.69) is 31.0 Å². The third kappa shape index (κ3) is 3.68. The van der Waals surface area contributed by atoms with Crippen LogP contribution < -0.4 is 4.74 Å². The topological polar surface area (TPSA) is 75.3 Å². The fraction of sp³-hybridized carbons (Fsp3) is 0.423. The third-order valence-electron chi connectivity index (χ3n) is 6.71. The molecule has 0 bridgehead atoms. The molecular formula is C26H29N3O3. The zero-order valence-corrected chi connectivity index (χ0v) is 18.9. The van der Waals surface area contributed by atoms with E-state index in [9.17, 15) is 9.59 Å². The molecule has 6 nitrogen and oxygen atoms in total. The Labute approximate surface area is 187 Å². The molecule has 32 heavy (non-hydrogen) atoms. The number of nitrogens with zero attached hydrogens (tertiary/aromatic N) is 2. The van der Waals surface area contributed by atoms with E-state index in [-0.39, 0.29) is 29.1 Å². The van der Waals surface area contributed by atoms with Gasteiger partial charge in [0.2, 0.25) is 0 Å². The molecule has 1 fully saturated rings. The van der Waals surface area contributed by atoms with Gasteiger partial charge in [-0.3, -0.25) is 14.7 Å². The van der Waals surface area contributed by atoms with Crippen molar-refractivity contribution in [1.82, 2.24) is 15.1 Å². The summed E-state index contributed by atoms with van der Waals surface area (Å²) in [6, 6.07) is 13.7. The smallest absolute Gasteiger partial charge is 0.274 e. The van der Waals surface area contributed by atoms with Gasteiger partial charge in [0.05, 0.1) is 5.56 Å². The second-order valence-electron chi connectivity index (χ2n) is 10.0. The van der Waals surface area contributed by atoms with Crippen LogP contribution in [0.4, 0.5) is 0 Å². The minimum absolute atomic E-state index is 0.0602. The summed E-state index contributed by atoms with van der Waals surface area (Å²) in [7, 11) is 0. The highest BCUT2D eigenvalue weighted by molar-refractivity contribution is 6.11. The van der Waals surface area contributed by atoms with Gasteiger partial charge < -0.3 is 9.64 Å². The average molecular weight is 432 g/mol. The predicted octanol–water partition coefficient (Wildman–Crippen LogP) is 4.75. The number of aromatic amines is 1. The predicted molar refractivity (Wildman–Crippen MR) is 123 cm³/mol. The largest absolute Gasteiger partial charge is 0.489 e. The van der Waals surface area contributed by atoms with E-state index < -0.39 is 0 Å².